The molecule has 1 N–H and O–H groups in total. The number of hydrogen-bond donors (Lipinski definition) is 1. The van der Waals surface area contributed by atoms with E-state index in [0.717, 1.165) is 13.1 Å². The second-order valence-corrected chi connectivity index (χ2v) is 5.95. The van der Waals surface area contributed by atoms with Crippen molar-refractivity contribution in [3.05, 3.63) is 33.9 Å². The van der Waals surface area contributed by atoms with Gasteiger partial charge < -0.3 is 10.0 Å². The molecule has 0 amide bonds. The molecule has 1 fully saturated rings. The number of piperazine rings is 1. The van der Waals surface area contributed by atoms with Gasteiger partial charge in [-0.05, 0) is 39.4 Å². The zero-order valence-electron chi connectivity index (χ0n) is 13.0. The molecule has 2 unspecified atom stereocenters. The summed E-state index contributed by atoms with van der Waals surface area (Å²) in [6, 6.07) is 5.67. The molecule has 0 aliphatic carbocycles. The number of aliphatic hydroxyl groups excluding tert-OH is 1. The fourth-order valence-electron chi connectivity index (χ4n) is 2.82. The average Bonchev–Trinajstić information content (AvgIpc) is 2.43. The molecule has 21 heavy (non-hydrogen) atoms. The van der Waals surface area contributed by atoms with Crippen molar-refractivity contribution in [3.63, 3.8) is 0 Å². The van der Waals surface area contributed by atoms with E-state index in [-0.39, 0.29) is 10.6 Å². The highest BCUT2D eigenvalue weighted by Gasteiger charge is 2.30. The molecule has 116 valence electrons. The number of benzene rings is 1. The third-order valence-corrected chi connectivity index (χ3v) is 4.38. The van der Waals surface area contributed by atoms with Crippen LogP contribution < -0.4 is 4.90 Å². The molecule has 2 rings (SSSR count). The Hall–Kier alpha value is -1.66. The summed E-state index contributed by atoms with van der Waals surface area (Å²) in [5.74, 6) is 0. The van der Waals surface area contributed by atoms with Crippen LogP contribution >= 0.6 is 0 Å². The maximum Gasteiger partial charge on any atom is 0.292 e. The molecule has 0 spiro atoms. The summed E-state index contributed by atoms with van der Waals surface area (Å²) in [7, 11) is 2.08. The van der Waals surface area contributed by atoms with E-state index in [0.29, 0.717) is 23.3 Å². The van der Waals surface area contributed by atoms with Crippen LogP contribution in [0, 0.1) is 10.1 Å². The lowest BCUT2D eigenvalue weighted by atomic mass is 10.0. The molecule has 3 atom stereocenters. The van der Waals surface area contributed by atoms with Crippen molar-refractivity contribution in [1.29, 1.82) is 0 Å². The average molecular weight is 293 g/mol. The van der Waals surface area contributed by atoms with Gasteiger partial charge in [-0.15, -0.1) is 0 Å². The molecule has 1 heterocycles. The lowest BCUT2D eigenvalue weighted by Crippen LogP contribution is -2.55. The zero-order valence-corrected chi connectivity index (χ0v) is 13.0. The van der Waals surface area contributed by atoms with Crippen molar-refractivity contribution < 1.29 is 10.0 Å². The first-order chi connectivity index (χ1) is 9.81. The number of likely N-dealkylation sites (N-methyl/N-ethyl adjacent to an activating group) is 1. The minimum absolute atomic E-state index is 0.0670. The summed E-state index contributed by atoms with van der Waals surface area (Å²) in [4.78, 5) is 15.3. The third-order valence-electron chi connectivity index (χ3n) is 4.38. The summed E-state index contributed by atoms with van der Waals surface area (Å²) in [5.41, 5.74) is 1.27. The number of rotatable bonds is 3. The fraction of sp³-hybridized carbons (Fsp3) is 0.600. The molecule has 0 aromatic heterocycles. The highest BCUT2D eigenvalue weighted by Crippen LogP contribution is 2.33. The van der Waals surface area contributed by atoms with Gasteiger partial charge in [-0.2, -0.15) is 0 Å². The minimum Gasteiger partial charge on any atom is -0.389 e. The number of anilines is 1. The first-order valence-electron chi connectivity index (χ1n) is 7.24. The molecule has 0 bridgehead atoms. The minimum atomic E-state index is -0.705. The van der Waals surface area contributed by atoms with E-state index in [4.69, 9.17) is 0 Å². The largest absolute Gasteiger partial charge is 0.389 e. The first kappa shape index (κ1) is 15.7. The van der Waals surface area contributed by atoms with E-state index in [9.17, 15) is 15.2 Å². The Balaban J connectivity index is 2.37. The van der Waals surface area contributed by atoms with Crippen LogP contribution in [0.4, 0.5) is 11.4 Å². The first-order valence-corrected chi connectivity index (χ1v) is 7.24. The molecule has 6 heteroatoms. The van der Waals surface area contributed by atoms with Crippen LogP contribution in [0.1, 0.15) is 32.4 Å². The Labute approximate surface area is 125 Å². The highest BCUT2D eigenvalue weighted by atomic mass is 16.6. The number of aliphatic hydroxyl groups is 1. The zero-order chi connectivity index (χ0) is 15.7. The van der Waals surface area contributed by atoms with E-state index in [1.165, 1.54) is 6.07 Å². The monoisotopic (exact) mass is 293 g/mol. The number of nitro benzene ring substituents is 1. The summed E-state index contributed by atoms with van der Waals surface area (Å²) in [6.07, 6.45) is -0.705. The molecular formula is C15H23N3O3. The van der Waals surface area contributed by atoms with Crippen molar-refractivity contribution in [3.8, 4) is 0 Å². The van der Waals surface area contributed by atoms with Crippen LogP contribution in [0.25, 0.3) is 0 Å². The number of nitro groups is 1. The summed E-state index contributed by atoms with van der Waals surface area (Å²) < 4.78 is 0. The quantitative estimate of drug-likeness (QED) is 0.683. The Morgan fingerprint density at radius 1 is 1.33 bits per heavy atom. The van der Waals surface area contributed by atoms with Crippen molar-refractivity contribution in [2.75, 3.05) is 25.0 Å². The topological polar surface area (TPSA) is 69.8 Å². The van der Waals surface area contributed by atoms with Gasteiger partial charge in [-0.1, -0.05) is 6.07 Å². The number of hydrogen-bond acceptors (Lipinski definition) is 5. The van der Waals surface area contributed by atoms with Crippen molar-refractivity contribution in [2.45, 2.75) is 39.0 Å². The Morgan fingerprint density at radius 2 is 1.90 bits per heavy atom. The molecular weight excluding hydrogens is 270 g/mol. The molecule has 0 radical (unpaired) electrons. The van der Waals surface area contributed by atoms with Crippen LogP contribution in [0.15, 0.2) is 18.2 Å². The second kappa shape index (κ2) is 5.99. The van der Waals surface area contributed by atoms with Gasteiger partial charge in [0.15, 0.2) is 0 Å². The van der Waals surface area contributed by atoms with E-state index < -0.39 is 6.10 Å². The number of nitrogens with zero attached hydrogens (tertiary/aromatic N) is 3. The van der Waals surface area contributed by atoms with Crippen molar-refractivity contribution in [2.24, 2.45) is 0 Å². The van der Waals surface area contributed by atoms with Crippen LogP contribution in [-0.4, -0.2) is 47.2 Å². The SMILES string of the molecule is CC1CN(c2ccc([C@@H](C)O)cc2[N+](=O)[O-])CC(C)N1C. The Morgan fingerprint density at radius 3 is 2.38 bits per heavy atom. The van der Waals surface area contributed by atoms with Crippen molar-refractivity contribution in [1.82, 2.24) is 4.90 Å². The van der Waals surface area contributed by atoms with Gasteiger partial charge in [0.1, 0.15) is 5.69 Å². The maximum absolute atomic E-state index is 11.4. The van der Waals surface area contributed by atoms with Crippen LogP contribution in [0.3, 0.4) is 0 Å². The predicted molar refractivity (Wildman–Crippen MR) is 82.6 cm³/mol. The van der Waals surface area contributed by atoms with Gasteiger partial charge in [0, 0.05) is 31.2 Å². The summed E-state index contributed by atoms with van der Waals surface area (Å²) >= 11 is 0. The van der Waals surface area contributed by atoms with Crippen LogP contribution in [0.2, 0.25) is 0 Å². The van der Waals surface area contributed by atoms with E-state index in [2.05, 4.69) is 30.7 Å². The Kier molecular flexibility index (Phi) is 4.49. The Bertz CT molecular complexity index is 521. The fourth-order valence-corrected chi connectivity index (χ4v) is 2.82. The molecule has 1 saturated heterocycles. The smallest absolute Gasteiger partial charge is 0.292 e. The van der Waals surface area contributed by atoms with Gasteiger partial charge in [0.25, 0.3) is 5.69 Å². The third kappa shape index (κ3) is 3.16. The van der Waals surface area contributed by atoms with Gasteiger partial charge >= 0.3 is 0 Å². The molecule has 1 aliphatic rings. The molecule has 1 aromatic carbocycles. The second-order valence-electron chi connectivity index (χ2n) is 5.95. The van der Waals surface area contributed by atoms with Gasteiger partial charge in [-0.25, -0.2) is 0 Å². The van der Waals surface area contributed by atoms with E-state index in [1.807, 2.05) is 0 Å². The van der Waals surface area contributed by atoms with Gasteiger partial charge in [0.05, 0.1) is 11.0 Å². The van der Waals surface area contributed by atoms with E-state index in [1.54, 1.807) is 19.1 Å². The summed E-state index contributed by atoms with van der Waals surface area (Å²) in [6.45, 7) is 7.38. The van der Waals surface area contributed by atoms with E-state index >= 15 is 0 Å². The lowest BCUT2D eigenvalue weighted by Gasteiger charge is -2.43. The van der Waals surface area contributed by atoms with Crippen molar-refractivity contribution >= 4 is 11.4 Å². The van der Waals surface area contributed by atoms with Gasteiger partial charge in [0.2, 0.25) is 0 Å². The molecule has 1 aliphatic heterocycles. The molecule has 0 saturated carbocycles. The lowest BCUT2D eigenvalue weighted by molar-refractivity contribution is -0.384. The standard InChI is InChI=1S/C15H23N3O3/c1-10-8-17(9-11(2)16(10)4)14-6-5-13(12(3)19)7-15(14)18(20)21/h5-7,10-12,19H,8-9H2,1-4H3/t10?,11?,12-/m1/s1. The maximum atomic E-state index is 11.4. The van der Waals surface area contributed by atoms with Crippen LogP contribution in [-0.2, 0) is 0 Å². The van der Waals surface area contributed by atoms with Gasteiger partial charge in [-0.3, -0.25) is 15.0 Å². The summed E-state index contributed by atoms with van der Waals surface area (Å²) in [5, 5.41) is 21.0. The normalized spacial score (nSPS) is 24.9. The molecule has 6 nitrogen and oxygen atoms in total. The molecule has 1 aromatic rings. The predicted octanol–water partition coefficient (Wildman–Crippen LogP) is 2.18. The van der Waals surface area contributed by atoms with Crippen LogP contribution in [0.5, 0.6) is 0 Å². The highest BCUT2D eigenvalue weighted by molar-refractivity contribution is 5.65.